The Morgan fingerprint density at radius 2 is 2.00 bits per heavy atom. The SMILES string of the molecule is CCC(C)(C(NC)C1CCC1)N(C)C. The minimum absolute atomic E-state index is 0.305. The minimum Gasteiger partial charge on any atom is -0.315 e. The van der Waals surface area contributed by atoms with Gasteiger partial charge in [-0.3, -0.25) is 0 Å². The van der Waals surface area contributed by atoms with Crippen molar-refractivity contribution in [2.24, 2.45) is 5.92 Å². The Balaban J connectivity index is 2.72. The zero-order valence-electron chi connectivity index (χ0n) is 10.4. The summed E-state index contributed by atoms with van der Waals surface area (Å²) < 4.78 is 0. The molecular weight excluding hydrogens is 172 g/mol. The zero-order chi connectivity index (χ0) is 10.8. The Bertz CT molecular complexity index is 175. The van der Waals surface area contributed by atoms with Crippen molar-refractivity contribution in [3.05, 3.63) is 0 Å². The molecule has 0 radical (unpaired) electrons. The molecule has 0 aromatic carbocycles. The first kappa shape index (κ1) is 12.0. The number of rotatable bonds is 5. The van der Waals surface area contributed by atoms with E-state index in [-0.39, 0.29) is 0 Å². The zero-order valence-corrected chi connectivity index (χ0v) is 10.4. The molecule has 0 amide bonds. The molecule has 2 atom stereocenters. The lowest BCUT2D eigenvalue weighted by Gasteiger charge is -2.48. The third kappa shape index (κ3) is 1.96. The predicted molar refractivity (Wildman–Crippen MR) is 62.6 cm³/mol. The van der Waals surface area contributed by atoms with Crippen molar-refractivity contribution in [1.29, 1.82) is 0 Å². The molecule has 84 valence electrons. The third-order valence-corrected chi connectivity index (χ3v) is 4.34. The van der Waals surface area contributed by atoms with Crippen LogP contribution in [0.5, 0.6) is 0 Å². The second kappa shape index (κ2) is 4.63. The Kier molecular flexibility index (Phi) is 3.96. The van der Waals surface area contributed by atoms with Crippen LogP contribution in [-0.4, -0.2) is 37.6 Å². The van der Waals surface area contributed by atoms with Crippen LogP contribution in [-0.2, 0) is 0 Å². The molecule has 0 bridgehead atoms. The van der Waals surface area contributed by atoms with Gasteiger partial charge in [-0.1, -0.05) is 13.3 Å². The molecule has 2 unspecified atom stereocenters. The van der Waals surface area contributed by atoms with Crippen LogP contribution < -0.4 is 5.32 Å². The molecule has 0 aliphatic heterocycles. The van der Waals surface area contributed by atoms with E-state index in [4.69, 9.17) is 0 Å². The second-order valence-corrected chi connectivity index (χ2v) is 5.06. The molecule has 2 nitrogen and oxygen atoms in total. The van der Waals surface area contributed by atoms with Gasteiger partial charge in [-0.05, 0) is 53.2 Å². The van der Waals surface area contributed by atoms with E-state index in [0.29, 0.717) is 11.6 Å². The van der Waals surface area contributed by atoms with Gasteiger partial charge in [-0.25, -0.2) is 0 Å². The lowest BCUT2D eigenvalue weighted by Crippen LogP contribution is -2.60. The van der Waals surface area contributed by atoms with Crippen LogP contribution in [0.15, 0.2) is 0 Å². The van der Waals surface area contributed by atoms with Gasteiger partial charge in [0.1, 0.15) is 0 Å². The lowest BCUT2D eigenvalue weighted by atomic mass is 9.71. The summed E-state index contributed by atoms with van der Waals surface area (Å²) >= 11 is 0. The Hall–Kier alpha value is -0.0800. The number of nitrogens with one attached hydrogen (secondary N) is 1. The van der Waals surface area contributed by atoms with Gasteiger partial charge in [-0.15, -0.1) is 0 Å². The molecule has 1 aliphatic rings. The fraction of sp³-hybridized carbons (Fsp3) is 1.00. The van der Waals surface area contributed by atoms with E-state index in [1.165, 1.54) is 25.7 Å². The van der Waals surface area contributed by atoms with Crippen molar-refractivity contribution in [1.82, 2.24) is 10.2 Å². The summed E-state index contributed by atoms with van der Waals surface area (Å²) in [5, 5.41) is 3.54. The molecule has 14 heavy (non-hydrogen) atoms. The van der Waals surface area contributed by atoms with Crippen molar-refractivity contribution >= 4 is 0 Å². The highest BCUT2D eigenvalue weighted by Crippen LogP contribution is 2.36. The normalized spacial score (nSPS) is 24.4. The first-order valence-corrected chi connectivity index (χ1v) is 5.91. The highest BCUT2D eigenvalue weighted by atomic mass is 15.2. The maximum atomic E-state index is 3.54. The van der Waals surface area contributed by atoms with Gasteiger partial charge >= 0.3 is 0 Å². The molecule has 0 aromatic heterocycles. The number of nitrogens with zero attached hydrogens (tertiary/aromatic N) is 1. The molecule has 0 aromatic rings. The van der Waals surface area contributed by atoms with Crippen LogP contribution in [0.1, 0.15) is 39.5 Å². The molecule has 1 saturated carbocycles. The van der Waals surface area contributed by atoms with E-state index in [1.807, 2.05) is 0 Å². The van der Waals surface area contributed by atoms with Crippen LogP contribution in [0, 0.1) is 5.92 Å². The van der Waals surface area contributed by atoms with Gasteiger partial charge in [0, 0.05) is 11.6 Å². The second-order valence-electron chi connectivity index (χ2n) is 5.06. The topological polar surface area (TPSA) is 15.3 Å². The average molecular weight is 198 g/mol. The van der Waals surface area contributed by atoms with Gasteiger partial charge in [-0.2, -0.15) is 0 Å². The van der Waals surface area contributed by atoms with Crippen molar-refractivity contribution in [2.75, 3.05) is 21.1 Å². The summed E-state index contributed by atoms with van der Waals surface area (Å²) in [6.07, 6.45) is 5.46. The van der Waals surface area contributed by atoms with Crippen LogP contribution in [0.25, 0.3) is 0 Å². The first-order valence-electron chi connectivity index (χ1n) is 5.91. The summed E-state index contributed by atoms with van der Waals surface area (Å²) in [5.74, 6) is 0.896. The first-order chi connectivity index (χ1) is 6.56. The fourth-order valence-electron chi connectivity index (χ4n) is 2.64. The average Bonchev–Trinajstić information content (AvgIpc) is 2.09. The van der Waals surface area contributed by atoms with Crippen molar-refractivity contribution in [3.63, 3.8) is 0 Å². The van der Waals surface area contributed by atoms with E-state index in [0.717, 1.165) is 5.92 Å². The molecule has 1 fully saturated rings. The molecule has 1 N–H and O–H groups in total. The summed E-state index contributed by atoms with van der Waals surface area (Å²) in [4.78, 5) is 2.38. The summed E-state index contributed by atoms with van der Waals surface area (Å²) in [6, 6.07) is 0.649. The van der Waals surface area contributed by atoms with E-state index >= 15 is 0 Å². The van der Waals surface area contributed by atoms with E-state index in [2.05, 4.69) is 45.2 Å². The van der Waals surface area contributed by atoms with Crippen LogP contribution in [0.4, 0.5) is 0 Å². The van der Waals surface area contributed by atoms with Gasteiger partial charge in [0.05, 0.1) is 0 Å². The van der Waals surface area contributed by atoms with Gasteiger partial charge < -0.3 is 10.2 Å². The maximum absolute atomic E-state index is 3.54. The summed E-state index contributed by atoms with van der Waals surface area (Å²) in [5.41, 5.74) is 0.305. The van der Waals surface area contributed by atoms with Gasteiger partial charge in [0.25, 0.3) is 0 Å². The third-order valence-electron chi connectivity index (χ3n) is 4.34. The Morgan fingerprint density at radius 1 is 1.43 bits per heavy atom. The monoisotopic (exact) mass is 198 g/mol. The van der Waals surface area contributed by atoms with Crippen LogP contribution in [0.3, 0.4) is 0 Å². The van der Waals surface area contributed by atoms with E-state index in [1.54, 1.807) is 0 Å². The highest BCUT2D eigenvalue weighted by Gasteiger charge is 2.40. The minimum atomic E-state index is 0.305. The Morgan fingerprint density at radius 3 is 2.21 bits per heavy atom. The van der Waals surface area contributed by atoms with E-state index < -0.39 is 0 Å². The number of likely N-dealkylation sites (N-methyl/N-ethyl adjacent to an activating group) is 2. The van der Waals surface area contributed by atoms with E-state index in [9.17, 15) is 0 Å². The largest absolute Gasteiger partial charge is 0.315 e. The van der Waals surface area contributed by atoms with Crippen molar-refractivity contribution < 1.29 is 0 Å². The highest BCUT2D eigenvalue weighted by molar-refractivity contribution is 4.99. The predicted octanol–water partition coefficient (Wildman–Crippen LogP) is 2.10. The molecule has 1 aliphatic carbocycles. The standard InChI is InChI=1S/C12H26N2/c1-6-12(2,14(4)5)11(13-3)10-8-7-9-10/h10-11,13H,6-9H2,1-5H3. The van der Waals surface area contributed by atoms with Crippen molar-refractivity contribution in [2.45, 2.75) is 51.1 Å². The van der Waals surface area contributed by atoms with Gasteiger partial charge in [0.2, 0.25) is 0 Å². The maximum Gasteiger partial charge on any atom is 0.0328 e. The van der Waals surface area contributed by atoms with Crippen molar-refractivity contribution in [3.8, 4) is 0 Å². The molecular formula is C12H26N2. The molecule has 0 saturated heterocycles. The fourth-order valence-corrected chi connectivity index (χ4v) is 2.64. The number of hydrogen-bond acceptors (Lipinski definition) is 2. The summed E-state index contributed by atoms with van der Waals surface area (Å²) in [7, 11) is 6.51. The van der Waals surface area contributed by atoms with Crippen LogP contribution >= 0.6 is 0 Å². The smallest absolute Gasteiger partial charge is 0.0328 e. The molecule has 0 heterocycles. The Labute approximate surface area is 89.1 Å². The quantitative estimate of drug-likeness (QED) is 0.728. The summed E-state index contributed by atoms with van der Waals surface area (Å²) in [6.45, 7) is 4.68. The van der Waals surface area contributed by atoms with Gasteiger partial charge in [0.15, 0.2) is 0 Å². The molecule has 0 spiro atoms. The number of hydrogen-bond donors (Lipinski definition) is 1. The van der Waals surface area contributed by atoms with Crippen LogP contribution in [0.2, 0.25) is 0 Å². The molecule has 1 rings (SSSR count). The molecule has 2 heteroatoms. The lowest BCUT2D eigenvalue weighted by molar-refractivity contribution is 0.0583.